The van der Waals surface area contributed by atoms with E-state index in [0.717, 1.165) is 17.8 Å². The van der Waals surface area contributed by atoms with Gasteiger partial charge in [-0.15, -0.1) is 0 Å². The number of methoxy groups -OCH3 is 1. The molecule has 0 aliphatic carbocycles. The summed E-state index contributed by atoms with van der Waals surface area (Å²) in [5.74, 6) is 0. The van der Waals surface area contributed by atoms with E-state index in [1.54, 1.807) is 7.11 Å². The molecule has 0 radical (unpaired) electrons. The van der Waals surface area contributed by atoms with Gasteiger partial charge in [0, 0.05) is 25.9 Å². The summed E-state index contributed by atoms with van der Waals surface area (Å²) in [4.78, 5) is 0. The van der Waals surface area contributed by atoms with E-state index in [1.165, 1.54) is 11.1 Å². The summed E-state index contributed by atoms with van der Waals surface area (Å²) in [6, 6.07) is 16.6. The number of nitrogens with one attached hydrogen (secondary N) is 1. The average molecular weight is 271 g/mol. The molecule has 106 valence electrons. The maximum absolute atomic E-state index is 8.88. The molecule has 2 aromatic carbocycles. The molecule has 0 amide bonds. The van der Waals surface area contributed by atoms with E-state index >= 15 is 0 Å². The first-order valence-corrected chi connectivity index (χ1v) is 6.82. The van der Waals surface area contributed by atoms with Gasteiger partial charge in [-0.25, -0.2) is 0 Å². The first kappa shape index (κ1) is 14.6. The second-order valence-corrected chi connectivity index (χ2v) is 4.77. The van der Waals surface area contributed by atoms with Crippen molar-refractivity contribution in [1.82, 2.24) is 0 Å². The van der Waals surface area contributed by atoms with Gasteiger partial charge < -0.3 is 15.2 Å². The van der Waals surface area contributed by atoms with Crippen LogP contribution in [-0.4, -0.2) is 18.8 Å². The van der Waals surface area contributed by atoms with Gasteiger partial charge in [0.25, 0.3) is 0 Å². The minimum absolute atomic E-state index is 0.195. The van der Waals surface area contributed by atoms with Crippen LogP contribution in [0.3, 0.4) is 0 Å². The van der Waals surface area contributed by atoms with Crippen LogP contribution in [0.25, 0.3) is 0 Å². The third-order valence-electron chi connectivity index (χ3n) is 3.19. The number of benzene rings is 2. The molecular formula is C17H21NO2. The summed E-state index contributed by atoms with van der Waals surface area (Å²) < 4.78 is 5.09. The van der Waals surface area contributed by atoms with Crippen LogP contribution in [0, 0.1) is 0 Å². The minimum atomic E-state index is 0.195. The molecule has 20 heavy (non-hydrogen) atoms. The molecule has 3 nitrogen and oxygen atoms in total. The van der Waals surface area contributed by atoms with Crippen molar-refractivity contribution in [3.05, 3.63) is 65.2 Å². The molecule has 0 unspecified atom stereocenters. The molecule has 3 heteroatoms. The lowest BCUT2D eigenvalue weighted by molar-refractivity contribution is 0.185. The summed E-state index contributed by atoms with van der Waals surface area (Å²) in [7, 11) is 1.70. The summed E-state index contributed by atoms with van der Waals surface area (Å²) in [5.41, 5.74) is 4.67. The number of anilines is 1. The molecule has 2 N–H and O–H groups in total. The maximum atomic E-state index is 8.88. The molecule has 0 saturated heterocycles. The van der Waals surface area contributed by atoms with Crippen molar-refractivity contribution < 1.29 is 9.84 Å². The average Bonchev–Trinajstić information content (AvgIpc) is 2.49. The largest absolute Gasteiger partial charge is 0.396 e. The van der Waals surface area contributed by atoms with Crippen molar-refractivity contribution in [2.75, 3.05) is 19.0 Å². The van der Waals surface area contributed by atoms with Crippen molar-refractivity contribution in [1.29, 1.82) is 0 Å². The topological polar surface area (TPSA) is 41.5 Å². The second-order valence-electron chi connectivity index (χ2n) is 4.77. The van der Waals surface area contributed by atoms with Crippen molar-refractivity contribution in [3.63, 3.8) is 0 Å². The van der Waals surface area contributed by atoms with Gasteiger partial charge in [-0.1, -0.05) is 36.4 Å². The SMILES string of the molecule is COCc1ccc(CNc2ccc(CCO)cc2)cc1. The van der Waals surface area contributed by atoms with E-state index in [-0.39, 0.29) is 6.61 Å². The Labute approximate surface area is 120 Å². The summed E-state index contributed by atoms with van der Waals surface area (Å²) >= 11 is 0. The Hall–Kier alpha value is -1.84. The quantitative estimate of drug-likeness (QED) is 0.813. The van der Waals surface area contributed by atoms with Crippen molar-refractivity contribution >= 4 is 5.69 Å². The van der Waals surface area contributed by atoms with E-state index < -0.39 is 0 Å². The Kier molecular flexibility index (Phi) is 5.59. The van der Waals surface area contributed by atoms with E-state index in [9.17, 15) is 0 Å². The highest BCUT2D eigenvalue weighted by Crippen LogP contribution is 2.12. The van der Waals surface area contributed by atoms with Gasteiger partial charge in [-0.2, -0.15) is 0 Å². The predicted octanol–water partition coefficient (Wildman–Crippen LogP) is 2.98. The first-order valence-electron chi connectivity index (χ1n) is 6.82. The molecule has 0 bridgehead atoms. The third kappa shape index (κ3) is 4.37. The fraction of sp³-hybridized carbons (Fsp3) is 0.294. The lowest BCUT2D eigenvalue weighted by Crippen LogP contribution is -2.00. The van der Waals surface area contributed by atoms with E-state index in [1.807, 2.05) is 24.3 Å². The standard InChI is InChI=1S/C17H21NO2/c1-20-13-16-4-2-15(3-5-16)12-18-17-8-6-14(7-9-17)10-11-19/h2-9,18-19H,10-13H2,1H3. The molecule has 0 spiro atoms. The number of aliphatic hydroxyl groups excluding tert-OH is 1. The normalized spacial score (nSPS) is 10.5. The Morgan fingerprint density at radius 2 is 1.50 bits per heavy atom. The fourth-order valence-corrected chi connectivity index (χ4v) is 2.04. The van der Waals surface area contributed by atoms with Crippen LogP contribution in [-0.2, 0) is 24.3 Å². The van der Waals surface area contributed by atoms with Gasteiger partial charge in [0.2, 0.25) is 0 Å². The molecule has 2 aromatic rings. The summed E-state index contributed by atoms with van der Waals surface area (Å²) in [6.07, 6.45) is 0.710. The lowest BCUT2D eigenvalue weighted by Gasteiger charge is -2.08. The lowest BCUT2D eigenvalue weighted by atomic mass is 10.1. The van der Waals surface area contributed by atoms with E-state index in [2.05, 4.69) is 29.6 Å². The summed E-state index contributed by atoms with van der Waals surface area (Å²) in [6.45, 7) is 1.65. The Morgan fingerprint density at radius 1 is 0.900 bits per heavy atom. The minimum Gasteiger partial charge on any atom is -0.396 e. The molecule has 0 aliphatic heterocycles. The van der Waals surface area contributed by atoms with Crippen molar-refractivity contribution in [2.24, 2.45) is 0 Å². The zero-order chi connectivity index (χ0) is 14.2. The van der Waals surface area contributed by atoms with Crippen LogP contribution in [0.5, 0.6) is 0 Å². The van der Waals surface area contributed by atoms with Crippen LogP contribution in [0.2, 0.25) is 0 Å². The van der Waals surface area contributed by atoms with Crippen molar-refractivity contribution in [3.8, 4) is 0 Å². The Balaban J connectivity index is 1.87. The molecule has 0 saturated carbocycles. The highest BCUT2D eigenvalue weighted by molar-refractivity contribution is 5.45. The molecule has 0 atom stereocenters. The number of rotatable bonds is 7. The van der Waals surface area contributed by atoms with E-state index in [0.29, 0.717) is 13.0 Å². The van der Waals surface area contributed by atoms with Crippen LogP contribution in [0.4, 0.5) is 5.69 Å². The highest BCUT2D eigenvalue weighted by Gasteiger charge is 1.97. The molecule has 0 aromatic heterocycles. The first-order chi connectivity index (χ1) is 9.81. The molecule has 0 aliphatic rings. The van der Waals surface area contributed by atoms with Gasteiger partial charge >= 0.3 is 0 Å². The summed E-state index contributed by atoms with van der Waals surface area (Å²) in [5, 5.41) is 12.3. The van der Waals surface area contributed by atoms with Gasteiger partial charge in [0.1, 0.15) is 0 Å². The third-order valence-corrected chi connectivity index (χ3v) is 3.19. The number of hydrogen-bond donors (Lipinski definition) is 2. The molecule has 0 heterocycles. The molecule has 0 fully saturated rings. The van der Waals surface area contributed by atoms with Gasteiger partial charge in [-0.3, -0.25) is 0 Å². The van der Waals surface area contributed by atoms with Crippen LogP contribution < -0.4 is 5.32 Å². The smallest absolute Gasteiger partial charge is 0.0713 e. The number of aliphatic hydroxyl groups is 1. The van der Waals surface area contributed by atoms with Crippen LogP contribution in [0.15, 0.2) is 48.5 Å². The van der Waals surface area contributed by atoms with Crippen LogP contribution in [0.1, 0.15) is 16.7 Å². The molecule has 2 rings (SSSR count). The Bertz CT molecular complexity index is 456. The second kappa shape index (κ2) is 7.68. The fourth-order valence-electron chi connectivity index (χ4n) is 2.04. The Morgan fingerprint density at radius 3 is 2.10 bits per heavy atom. The zero-order valence-corrected chi connectivity index (χ0v) is 11.8. The van der Waals surface area contributed by atoms with Gasteiger partial charge in [0.15, 0.2) is 0 Å². The van der Waals surface area contributed by atoms with Gasteiger partial charge in [-0.05, 0) is 35.2 Å². The van der Waals surface area contributed by atoms with Crippen LogP contribution >= 0.6 is 0 Å². The maximum Gasteiger partial charge on any atom is 0.0713 e. The molecular weight excluding hydrogens is 250 g/mol. The highest BCUT2D eigenvalue weighted by atomic mass is 16.5. The van der Waals surface area contributed by atoms with Gasteiger partial charge in [0.05, 0.1) is 6.61 Å². The van der Waals surface area contributed by atoms with Crippen molar-refractivity contribution in [2.45, 2.75) is 19.6 Å². The zero-order valence-electron chi connectivity index (χ0n) is 11.8. The number of ether oxygens (including phenoxy) is 1. The predicted molar refractivity (Wildman–Crippen MR) is 81.7 cm³/mol. The van der Waals surface area contributed by atoms with E-state index in [4.69, 9.17) is 9.84 Å². The monoisotopic (exact) mass is 271 g/mol. The number of hydrogen-bond acceptors (Lipinski definition) is 3.